The van der Waals surface area contributed by atoms with Crippen molar-refractivity contribution in [3.05, 3.63) is 65.7 Å². The van der Waals surface area contributed by atoms with E-state index in [0.717, 1.165) is 11.1 Å². The highest BCUT2D eigenvalue weighted by Crippen LogP contribution is 2.25. The molecule has 0 bridgehead atoms. The number of hydrogen-bond donors (Lipinski definition) is 2. The van der Waals surface area contributed by atoms with E-state index in [-0.39, 0.29) is 12.1 Å². The van der Waals surface area contributed by atoms with Gasteiger partial charge in [0.1, 0.15) is 11.5 Å². The van der Waals surface area contributed by atoms with E-state index in [1.807, 2.05) is 42.5 Å². The van der Waals surface area contributed by atoms with Gasteiger partial charge in [-0.2, -0.15) is 0 Å². The van der Waals surface area contributed by atoms with Gasteiger partial charge in [-0.1, -0.05) is 42.5 Å². The molecule has 0 spiro atoms. The minimum atomic E-state index is -1.22. The lowest BCUT2D eigenvalue weighted by Gasteiger charge is -2.18. The minimum Gasteiger partial charge on any atom is -0.497 e. The van der Waals surface area contributed by atoms with Crippen molar-refractivity contribution in [2.75, 3.05) is 7.11 Å². The maximum Gasteiger partial charge on any atom is 0.349 e. The molecule has 0 saturated carbocycles. The van der Waals surface area contributed by atoms with Crippen LogP contribution in [0.4, 0.5) is 0 Å². The molecule has 2 aromatic carbocycles. The van der Waals surface area contributed by atoms with Gasteiger partial charge in [0, 0.05) is 6.42 Å². The van der Waals surface area contributed by atoms with Crippen LogP contribution in [0.1, 0.15) is 23.7 Å². The molecule has 0 aromatic heterocycles. The predicted octanol–water partition coefficient (Wildman–Crippen LogP) is 3.45. The molecule has 0 amide bonds. The van der Waals surface area contributed by atoms with E-state index in [9.17, 15) is 4.79 Å². The summed E-state index contributed by atoms with van der Waals surface area (Å²) < 4.78 is 18.1. The van der Waals surface area contributed by atoms with Gasteiger partial charge in [-0.05, 0) is 23.3 Å². The zero-order valence-corrected chi connectivity index (χ0v) is 12.8. The van der Waals surface area contributed by atoms with Gasteiger partial charge in [0.2, 0.25) is 0 Å². The minimum absolute atomic E-state index is 0.0119. The third-order valence-corrected chi connectivity index (χ3v) is 3.41. The molecule has 0 fully saturated rings. The average molecular weight is 313 g/mol. The molecule has 1 atom stereocenters. The summed E-state index contributed by atoms with van der Waals surface area (Å²) in [5.41, 5.74) is 1.54. The van der Waals surface area contributed by atoms with E-state index >= 15 is 0 Å². The van der Waals surface area contributed by atoms with Crippen LogP contribution in [0, 0.1) is 5.40 Å². The zero-order chi connectivity index (χ0) is 17.4. The Bertz CT molecular complexity index is 686. The second-order valence-electron chi connectivity index (χ2n) is 5.01. The Morgan fingerprint density at radius 1 is 1.22 bits per heavy atom. The molecule has 120 valence electrons. The van der Waals surface area contributed by atoms with Crippen molar-refractivity contribution >= 4 is 11.7 Å². The predicted molar refractivity (Wildman–Crippen MR) is 86.9 cm³/mol. The molecule has 23 heavy (non-hydrogen) atoms. The molecule has 0 aliphatic carbocycles. The largest absolute Gasteiger partial charge is 0.497 e. The smallest absolute Gasteiger partial charge is 0.349 e. The van der Waals surface area contributed by atoms with Gasteiger partial charge < -0.3 is 14.6 Å². The number of ether oxygens (including phenoxy) is 2. The van der Waals surface area contributed by atoms with Crippen LogP contribution in [0.25, 0.3) is 0 Å². The number of carboxylic acid groups (broad SMARTS) is 1. The lowest BCUT2D eigenvalue weighted by atomic mass is 10.0. The Morgan fingerprint density at radius 3 is 2.48 bits per heavy atom. The lowest BCUT2D eigenvalue weighted by Crippen LogP contribution is -2.17. The number of methoxy groups -OCH3 is 1. The van der Waals surface area contributed by atoms with E-state index in [1.54, 1.807) is 19.2 Å². The van der Waals surface area contributed by atoms with Crippen molar-refractivity contribution in [1.29, 1.82) is 5.40 Å². The zero-order valence-electron chi connectivity index (χ0n) is 13.8. The van der Waals surface area contributed by atoms with Crippen LogP contribution in [0.2, 0.25) is 1.41 Å². The Balaban J connectivity index is 2.17. The summed E-state index contributed by atoms with van der Waals surface area (Å²) in [4.78, 5) is 11.1. The number of carboxylic acids is 1. The van der Waals surface area contributed by atoms with Crippen LogP contribution >= 0.6 is 0 Å². The maximum absolute atomic E-state index is 11.1. The van der Waals surface area contributed by atoms with E-state index in [2.05, 4.69) is 5.40 Å². The summed E-state index contributed by atoms with van der Waals surface area (Å²) in [6, 6.07) is 16.8. The first-order valence-electron chi connectivity index (χ1n) is 7.62. The molecule has 0 saturated heterocycles. The number of hydrogen-bond acceptors (Lipinski definition) is 4. The Morgan fingerprint density at radius 2 is 1.91 bits per heavy atom. The normalized spacial score (nSPS) is 13.3. The molecule has 0 aliphatic rings. The molecule has 2 N–H and O–H groups in total. The molecule has 2 aromatic rings. The third-order valence-electron chi connectivity index (χ3n) is 3.41. The molecular weight excluding hydrogens is 294 g/mol. The summed E-state index contributed by atoms with van der Waals surface area (Å²) in [5.74, 6) is -0.514. The van der Waals surface area contributed by atoms with Gasteiger partial charge in [0.05, 0.1) is 19.8 Å². The highest BCUT2D eigenvalue weighted by atomic mass is 16.5. The van der Waals surface area contributed by atoms with Crippen LogP contribution in [-0.2, 0) is 16.1 Å². The molecule has 0 aliphatic heterocycles. The summed E-state index contributed by atoms with van der Waals surface area (Å²) in [6.45, 7) is 0.336. The van der Waals surface area contributed by atoms with E-state index in [0.29, 0.717) is 12.4 Å². The second kappa shape index (κ2) is 8.10. The number of nitrogens with one attached hydrogen (secondary N) is 1. The van der Waals surface area contributed by atoms with Gasteiger partial charge in [0.25, 0.3) is 0 Å². The summed E-state index contributed by atoms with van der Waals surface area (Å²) in [7, 11) is 1.58. The standard InChI is InChI=1S/C18H19NO4/c1-22-15-9-7-14(8-10-15)17(11-16(19)18(20)21)23-12-13-5-3-2-4-6-13/h2-10,17,19H,11-12H2,1H3,(H,20,21)/b19-16+. The summed E-state index contributed by atoms with van der Waals surface area (Å²) in [6.07, 6.45) is -0.505. The van der Waals surface area contributed by atoms with Crippen LogP contribution in [0.5, 0.6) is 5.75 Å². The van der Waals surface area contributed by atoms with Crippen LogP contribution in [-0.4, -0.2) is 23.9 Å². The van der Waals surface area contributed by atoms with Crippen LogP contribution in [0.3, 0.4) is 0 Å². The first-order valence-corrected chi connectivity index (χ1v) is 7.17. The van der Waals surface area contributed by atoms with Crippen molar-refractivity contribution in [3.63, 3.8) is 0 Å². The monoisotopic (exact) mass is 313 g/mol. The first kappa shape index (κ1) is 15.2. The Labute approximate surface area is 136 Å². The molecule has 5 nitrogen and oxygen atoms in total. The van der Waals surface area contributed by atoms with Crippen LogP contribution in [0.15, 0.2) is 54.6 Å². The number of rotatable bonds is 8. The quantitative estimate of drug-likeness (QED) is 0.732. The van der Waals surface area contributed by atoms with Gasteiger partial charge in [-0.25, -0.2) is 4.79 Å². The van der Waals surface area contributed by atoms with E-state index in [4.69, 9.17) is 16.0 Å². The lowest BCUT2D eigenvalue weighted by molar-refractivity contribution is -0.129. The molecule has 5 heteroatoms. The summed E-state index contributed by atoms with van der Waals surface area (Å²) in [5, 5.41) is 12.2. The van der Waals surface area contributed by atoms with Crippen LogP contribution < -0.4 is 4.74 Å². The van der Waals surface area contributed by atoms with Crippen molar-refractivity contribution in [3.8, 4) is 5.75 Å². The fourth-order valence-electron chi connectivity index (χ4n) is 2.13. The van der Waals surface area contributed by atoms with Gasteiger partial charge >= 0.3 is 5.97 Å². The van der Waals surface area contributed by atoms with Crippen molar-refractivity contribution in [2.45, 2.75) is 19.1 Å². The number of carbonyl (C=O) groups is 1. The Kier molecular flexibility index (Phi) is 5.37. The third kappa shape index (κ3) is 4.93. The summed E-state index contributed by atoms with van der Waals surface area (Å²) >= 11 is 0. The topological polar surface area (TPSA) is 79.6 Å². The molecule has 0 heterocycles. The Hall–Kier alpha value is -2.66. The van der Waals surface area contributed by atoms with E-state index < -0.39 is 12.1 Å². The maximum atomic E-state index is 11.1. The number of benzene rings is 2. The van der Waals surface area contributed by atoms with Crippen molar-refractivity contribution in [2.24, 2.45) is 0 Å². The van der Waals surface area contributed by atoms with Gasteiger partial charge in [0.15, 0.2) is 1.41 Å². The fraction of sp³-hybridized carbons (Fsp3) is 0.222. The highest BCUT2D eigenvalue weighted by Gasteiger charge is 2.18. The molecule has 0 radical (unpaired) electrons. The fourth-order valence-corrected chi connectivity index (χ4v) is 2.13. The SMILES string of the molecule is [H]/N=C(\CC(OCc1ccccc1)c1ccc(OC)cc1)C(=O)O. The van der Waals surface area contributed by atoms with Gasteiger partial charge in [-0.3, -0.25) is 5.40 Å². The number of aliphatic carboxylic acids is 1. The first-order chi connectivity index (χ1) is 11.6. The van der Waals surface area contributed by atoms with E-state index in [1.165, 1.54) is 0 Å². The molecule has 2 rings (SSSR count). The van der Waals surface area contributed by atoms with Gasteiger partial charge in [-0.15, -0.1) is 0 Å². The second-order valence-corrected chi connectivity index (χ2v) is 5.01. The molecular formula is C18H19NO4. The van der Waals surface area contributed by atoms with Crippen molar-refractivity contribution in [1.82, 2.24) is 0 Å². The average Bonchev–Trinajstić information content (AvgIpc) is 2.62. The van der Waals surface area contributed by atoms with Crippen molar-refractivity contribution < 1.29 is 20.8 Å². The highest BCUT2D eigenvalue weighted by molar-refractivity contribution is 6.34. The molecule has 1 unspecified atom stereocenters.